The van der Waals surface area contributed by atoms with Crippen LogP contribution in [0.15, 0.2) is 36.4 Å². The van der Waals surface area contributed by atoms with Crippen LogP contribution >= 0.6 is 0 Å². The van der Waals surface area contributed by atoms with Gasteiger partial charge in [-0.2, -0.15) is 0 Å². The molecule has 0 amide bonds. The fourth-order valence-corrected chi connectivity index (χ4v) is 4.60. The number of nitrogens with zero attached hydrogens (tertiary/aromatic N) is 2. The number of carbonyl (C=O) groups is 1. The third-order valence-electron chi connectivity index (χ3n) is 6.70. The highest BCUT2D eigenvalue weighted by molar-refractivity contribution is 5.75. The van der Waals surface area contributed by atoms with Crippen LogP contribution in [0.2, 0.25) is 0 Å². The smallest absolute Gasteiger partial charge is 0.344 e. The molecule has 0 bridgehead atoms. The molecule has 6 N–H and O–H groups in total. The van der Waals surface area contributed by atoms with E-state index in [1.54, 1.807) is 13.0 Å². The van der Waals surface area contributed by atoms with E-state index < -0.39 is 5.97 Å². The van der Waals surface area contributed by atoms with Crippen molar-refractivity contribution in [1.29, 1.82) is 10.8 Å². The highest BCUT2D eigenvalue weighted by Crippen LogP contribution is 2.30. The van der Waals surface area contributed by atoms with Gasteiger partial charge in [0.1, 0.15) is 30.0 Å². The molecule has 1 fully saturated rings. The Morgan fingerprint density at radius 1 is 0.947 bits per heavy atom. The summed E-state index contributed by atoms with van der Waals surface area (Å²) >= 11 is 0. The van der Waals surface area contributed by atoms with Gasteiger partial charge < -0.3 is 40.2 Å². The van der Waals surface area contributed by atoms with Gasteiger partial charge in [0.15, 0.2) is 18.5 Å². The maximum absolute atomic E-state index is 11.9. The Kier molecular flexibility index (Phi) is 8.77. The number of nitrogens with one attached hydrogen (secondary N) is 2. The molecule has 0 aromatic heterocycles. The van der Waals surface area contributed by atoms with E-state index in [9.17, 15) is 4.79 Å². The van der Waals surface area contributed by atoms with E-state index in [1.165, 1.54) is 5.56 Å². The Labute approximate surface area is 222 Å². The van der Waals surface area contributed by atoms with Gasteiger partial charge in [0.25, 0.3) is 0 Å². The summed E-state index contributed by atoms with van der Waals surface area (Å²) in [5.41, 5.74) is 14.3. The molecule has 4 rings (SSSR count). The molecule has 0 atom stereocenters. The minimum atomic E-state index is -0.452. The Bertz CT molecular complexity index is 1160. The quantitative estimate of drug-likeness (QED) is 0.219. The number of piperidine rings is 1. The molecule has 0 radical (unpaired) electrons. The normalized spacial score (nSPS) is 15.4. The zero-order valence-corrected chi connectivity index (χ0v) is 21.7. The molecule has 2 aromatic rings. The summed E-state index contributed by atoms with van der Waals surface area (Å²) < 4.78 is 23.1. The van der Waals surface area contributed by atoms with Gasteiger partial charge in [0.2, 0.25) is 0 Å². The number of esters is 1. The molecule has 1 saturated heterocycles. The van der Waals surface area contributed by atoms with Crippen LogP contribution in [-0.2, 0) is 29.1 Å². The van der Waals surface area contributed by atoms with Crippen LogP contribution in [0.1, 0.15) is 36.5 Å². The van der Waals surface area contributed by atoms with E-state index in [-0.39, 0.29) is 37.8 Å². The van der Waals surface area contributed by atoms with Crippen molar-refractivity contribution in [3.63, 3.8) is 0 Å². The zero-order chi connectivity index (χ0) is 27.1. The third-order valence-corrected chi connectivity index (χ3v) is 6.70. The van der Waals surface area contributed by atoms with Gasteiger partial charge in [-0.3, -0.25) is 10.8 Å². The van der Waals surface area contributed by atoms with E-state index in [4.69, 9.17) is 41.2 Å². The van der Waals surface area contributed by atoms with Gasteiger partial charge in [0, 0.05) is 50.7 Å². The van der Waals surface area contributed by atoms with Crippen molar-refractivity contribution < 1.29 is 23.7 Å². The summed E-state index contributed by atoms with van der Waals surface area (Å²) in [7, 11) is 0. The lowest BCUT2D eigenvalue weighted by Crippen LogP contribution is -2.44. The molecule has 0 aliphatic carbocycles. The number of rotatable bonds is 9. The minimum Gasteiger partial charge on any atom is -0.490 e. The van der Waals surface area contributed by atoms with Crippen molar-refractivity contribution in [2.45, 2.75) is 45.4 Å². The number of carbonyl (C=O) groups excluding carboxylic acids is 1. The lowest BCUT2D eigenvalue weighted by molar-refractivity contribution is -0.145. The van der Waals surface area contributed by atoms with Gasteiger partial charge in [-0.15, -0.1) is 0 Å². The van der Waals surface area contributed by atoms with Crippen LogP contribution in [0.25, 0.3) is 0 Å². The third kappa shape index (κ3) is 6.99. The van der Waals surface area contributed by atoms with Crippen LogP contribution in [-0.4, -0.2) is 66.6 Å². The predicted octanol–water partition coefficient (Wildman–Crippen LogP) is 2.20. The van der Waals surface area contributed by atoms with Crippen molar-refractivity contribution in [2.75, 3.05) is 32.8 Å². The van der Waals surface area contributed by atoms with Crippen LogP contribution in [0, 0.1) is 10.8 Å². The molecule has 0 spiro atoms. The topological polar surface area (TPSA) is 160 Å². The Morgan fingerprint density at radius 3 is 2.39 bits per heavy atom. The first kappa shape index (κ1) is 26.9. The lowest BCUT2D eigenvalue weighted by Gasteiger charge is -2.32. The molecule has 2 aliphatic heterocycles. The Hall–Kier alpha value is -4.15. The van der Waals surface area contributed by atoms with Crippen molar-refractivity contribution in [2.24, 2.45) is 11.5 Å². The molecule has 2 aliphatic rings. The van der Waals surface area contributed by atoms with Gasteiger partial charge in [-0.1, -0.05) is 6.07 Å². The second kappa shape index (κ2) is 12.4. The molecular weight excluding hydrogens is 488 g/mol. The molecule has 0 unspecified atom stereocenters. The summed E-state index contributed by atoms with van der Waals surface area (Å²) in [4.78, 5) is 15.6. The van der Waals surface area contributed by atoms with Gasteiger partial charge in [-0.05, 0) is 48.7 Å². The standard InChI is InChI=1S/C27H36N6O5/c1-2-35-25(34)17-37-24-14-23(38-21-8-11-32(12-9-21)26(28)29)6-4-19(24)16-36-22-5-3-18-7-10-33(27(30)31)15-20(18)13-22/h3-6,13-14,21H,2,7-12,15-17H2,1H3,(H3,28,29)(H3,30,31). The number of ether oxygens (including phenoxy) is 4. The van der Waals surface area contributed by atoms with Crippen LogP contribution in [0.4, 0.5) is 0 Å². The first-order valence-corrected chi connectivity index (χ1v) is 12.8. The molecule has 38 heavy (non-hydrogen) atoms. The first-order chi connectivity index (χ1) is 18.3. The van der Waals surface area contributed by atoms with Crippen LogP contribution < -0.4 is 25.7 Å². The number of nitrogens with two attached hydrogens (primary N) is 2. The second-order valence-electron chi connectivity index (χ2n) is 9.33. The van der Waals surface area contributed by atoms with Crippen molar-refractivity contribution in [1.82, 2.24) is 9.80 Å². The summed E-state index contributed by atoms with van der Waals surface area (Å²) in [6.07, 6.45) is 2.33. The average Bonchev–Trinajstić information content (AvgIpc) is 2.91. The Morgan fingerprint density at radius 2 is 1.68 bits per heavy atom. The van der Waals surface area contributed by atoms with Crippen LogP contribution in [0.5, 0.6) is 17.2 Å². The summed E-state index contributed by atoms with van der Waals surface area (Å²) in [5, 5.41) is 15.3. The predicted molar refractivity (Wildman–Crippen MR) is 143 cm³/mol. The minimum absolute atomic E-state index is 0.00401. The number of hydrogen-bond acceptors (Lipinski definition) is 7. The number of fused-ring (bicyclic) bond motifs is 1. The Balaban J connectivity index is 1.44. The van der Waals surface area contributed by atoms with Crippen molar-refractivity contribution in [3.05, 3.63) is 53.1 Å². The zero-order valence-electron chi connectivity index (χ0n) is 21.7. The van der Waals surface area contributed by atoms with Crippen molar-refractivity contribution >= 4 is 17.9 Å². The first-order valence-electron chi connectivity index (χ1n) is 12.8. The largest absolute Gasteiger partial charge is 0.490 e. The number of hydrogen-bond donors (Lipinski definition) is 4. The van der Waals surface area contributed by atoms with E-state index in [0.717, 1.165) is 36.9 Å². The SMILES string of the molecule is CCOC(=O)COc1cc(OC2CCN(C(=N)N)CC2)ccc1COc1ccc2c(c1)CN(C(=N)N)CC2. The highest BCUT2D eigenvalue weighted by Gasteiger charge is 2.22. The van der Waals surface area contributed by atoms with E-state index in [2.05, 4.69) is 6.07 Å². The maximum atomic E-state index is 11.9. The molecule has 204 valence electrons. The second-order valence-corrected chi connectivity index (χ2v) is 9.33. The fourth-order valence-electron chi connectivity index (χ4n) is 4.60. The monoisotopic (exact) mass is 524 g/mol. The van der Waals surface area contributed by atoms with Crippen LogP contribution in [0.3, 0.4) is 0 Å². The van der Waals surface area contributed by atoms with E-state index >= 15 is 0 Å². The number of guanidine groups is 2. The lowest BCUT2D eigenvalue weighted by atomic mass is 10.00. The molecular formula is C27H36N6O5. The van der Waals surface area contributed by atoms with E-state index in [1.807, 2.05) is 34.1 Å². The fraction of sp³-hybridized carbons (Fsp3) is 0.444. The molecule has 11 heteroatoms. The summed E-state index contributed by atoms with van der Waals surface area (Å²) in [6, 6.07) is 11.5. The molecule has 11 nitrogen and oxygen atoms in total. The number of benzene rings is 2. The van der Waals surface area contributed by atoms with Gasteiger partial charge >= 0.3 is 5.97 Å². The summed E-state index contributed by atoms with van der Waals surface area (Å²) in [6.45, 7) is 4.68. The maximum Gasteiger partial charge on any atom is 0.344 e. The summed E-state index contributed by atoms with van der Waals surface area (Å²) in [5.74, 6) is 1.51. The molecule has 2 aromatic carbocycles. The van der Waals surface area contributed by atoms with Crippen molar-refractivity contribution in [3.8, 4) is 17.2 Å². The van der Waals surface area contributed by atoms with Gasteiger partial charge in [-0.25, -0.2) is 4.79 Å². The molecule has 2 heterocycles. The number of likely N-dealkylation sites (tertiary alicyclic amines) is 1. The van der Waals surface area contributed by atoms with E-state index in [0.29, 0.717) is 36.9 Å². The van der Waals surface area contributed by atoms with Gasteiger partial charge in [0.05, 0.1) is 6.61 Å². The highest BCUT2D eigenvalue weighted by atomic mass is 16.6. The molecule has 0 saturated carbocycles. The average molecular weight is 525 g/mol.